The number of hydrogen-bond acceptors (Lipinski definition) is 7. The highest BCUT2D eigenvalue weighted by atomic mass is 16.7. The molecule has 0 fully saturated rings. The largest absolute Gasteiger partial charge is 0.495 e. The van der Waals surface area contributed by atoms with Gasteiger partial charge in [0.05, 0.1) is 12.8 Å². The molecule has 0 saturated heterocycles. The molecule has 0 saturated carbocycles. The van der Waals surface area contributed by atoms with Gasteiger partial charge in [-0.25, -0.2) is 9.59 Å². The zero-order valence-electron chi connectivity index (χ0n) is 17.0. The van der Waals surface area contributed by atoms with E-state index < -0.39 is 11.9 Å². The summed E-state index contributed by atoms with van der Waals surface area (Å²) in [7, 11) is 1.68. The zero-order valence-corrected chi connectivity index (χ0v) is 17.0. The molecule has 9 nitrogen and oxygen atoms in total. The first-order chi connectivity index (χ1) is 15.5. The number of methoxy groups -OCH3 is 1. The fourth-order valence-corrected chi connectivity index (χ4v) is 3.31. The van der Waals surface area contributed by atoms with Gasteiger partial charge in [-0.15, -0.1) is 0 Å². The number of nitrogens with one attached hydrogen (secondary N) is 1. The highest BCUT2D eigenvalue weighted by molar-refractivity contribution is 6.27. The molecule has 5 rings (SSSR count). The molecule has 3 N–H and O–H groups in total. The van der Waals surface area contributed by atoms with Crippen molar-refractivity contribution in [3.63, 3.8) is 0 Å². The summed E-state index contributed by atoms with van der Waals surface area (Å²) in [6, 6.07) is 18.0. The van der Waals surface area contributed by atoms with Gasteiger partial charge in [0.1, 0.15) is 16.9 Å². The minimum atomic E-state index is -1.82. The summed E-state index contributed by atoms with van der Waals surface area (Å²) >= 11 is 0. The van der Waals surface area contributed by atoms with E-state index in [1.54, 1.807) is 7.11 Å². The molecule has 0 unspecified atom stereocenters. The smallest absolute Gasteiger partial charge is 0.414 e. The van der Waals surface area contributed by atoms with Crippen LogP contribution in [0.4, 0.5) is 5.69 Å². The molecule has 0 aliphatic carbocycles. The van der Waals surface area contributed by atoms with Crippen LogP contribution in [0, 0.1) is 0 Å². The highest BCUT2D eigenvalue weighted by Gasteiger charge is 2.15. The van der Waals surface area contributed by atoms with Gasteiger partial charge in [0.2, 0.25) is 6.79 Å². The number of para-hydroxylation sites is 1. The van der Waals surface area contributed by atoms with Gasteiger partial charge >= 0.3 is 11.9 Å². The van der Waals surface area contributed by atoms with E-state index in [2.05, 4.69) is 11.4 Å². The van der Waals surface area contributed by atoms with Crippen LogP contribution in [0.2, 0.25) is 0 Å². The zero-order chi connectivity index (χ0) is 22.7. The average molecular weight is 437 g/mol. The van der Waals surface area contributed by atoms with Crippen molar-refractivity contribution in [2.24, 2.45) is 0 Å². The summed E-state index contributed by atoms with van der Waals surface area (Å²) in [4.78, 5) is 18.2. The Hall–Kier alpha value is -4.40. The van der Waals surface area contributed by atoms with Crippen molar-refractivity contribution < 1.29 is 38.4 Å². The van der Waals surface area contributed by atoms with Gasteiger partial charge in [-0.1, -0.05) is 24.3 Å². The Kier molecular flexibility index (Phi) is 5.71. The fourth-order valence-electron chi connectivity index (χ4n) is 3.31. The number of rotatable bonds is 4. The number of carbonyl (C=O) groups is 2. The first-order valence-corrected chi connectivity index (χ1v) is 9.54. The van der Waals surface area contributed by atoms with Crippen LogP contribution in [0.3, 0.4) is 0 Å². The SMILES string of the molecule is COc1cc2c(cc1NCc1ccc3c(c1)OCO3)oc1ccccc12.O=C(O)C(=O)O. The van der Waals surface area contributed by atoms with Gasteiger partial charge < -0.3 is 34.2 Å². The first kappa shape index (κ1) is 20.9. The van der Waals surface area contributed by atoms with Crippen LogP contribution in [0.5, 0.6) is 17.2 Å². The lowest BCUT2D eigenvalue weighted by molar-refractivity contribution is -0.159. The number of anilines is 1. The monoisotopic (exact) mass is 437 g/mol. The van der Waals surface area contributed by atoms with Crippen molar-refractivity contribution in [3.8, 4) is 17.2 Å². The predicted molar refractivity (Wildman–Crippen MR) is 115 cm³/mol. The third-order valence-corrected chi connectivity index (χ3v) is 4.80. The van der Waals surface area contributed by atoms with Crippen LogP contribution >= 0.6 is 0 Å². The van der Waals surface area contributed by atoms with Gasteiger partial charge in [-0.2, -0.15) is 0 Å². The molecule has 4 aromatic rings. The summed E-state index contributed by atoms with van der Waals surface area (Å²) in [6.45, 7) is 0.918. The van der Waals surface area contributed by atoms with Crippen molar-refractivity contribution in [2.45, 2.75) is 6.54 Å². The summed E-state index contributed by atoms with van der Waals surface area (Å²) in [6.07, 6.45) is 0. The van der Waals surface area contributed by atoms with Gasteiger partial charge in [-0.05, 0) is 29.8 Å². The Labute approximate surface area is 181 Å². The van der Waals surface area contributed by atoms with Crippen molar-refractivity contribution in [1.29, 1.82) is 0 Å². The van der Waals surface area contributed by atoms with Crippen LogP contribution in [-0.4, -0.2) is 36.1 Å². The van der Waals surface area contributed by atoms with E-state index in [1.165, 1.54) is 0 Å². The van der Waals surface area contributed by atoms with Crippen molar-refractivity contribution in [1.82, 2.24) is 0 Å². The molecule has 0 spiro atoms. The van der Waals surface area contributed by atoms with E-state index in [9.17, 15) is 0 Å². The van der Waals surface area contributed by atoms with Gasteiger partial charge in [0.25, 0.3) is 0 Å². The second-order valence-corrected chi connectivity index (χ2v) is 6.80. The summed E-state index contributed by atoms with van der Waals surface area (Å²) in [5.41, 5.74) is 3.69. The van der Waals surface area contributed by atoms with Crippen LogP contribution in [0.15, 0.2) is 59.0 Å². The lowest BCUT2D eigenvalue weighted by atomic mass is 10.1. The van der Waals surface area contributed by atoms with E-state index in [4.69, 9.17) is 38.4 Å². The van der Waals surface area contributed by atoms with E-state index in [0.717, 1.165) is 50.4 Å². The molecule has 1 aliphatic heterocycles. The molecule has 2 heterocycles. The van der Waals surface area contributed by atoms with E-state index in [0.29, 0.717) is 6.54 Å². The van der Waals surface area contributed by atoms with Gasteiger partial charge in [-0.3, -0.25) is 0 Å². The number of hydrogen-bond donors (Lipinski definition) is 3. The molecule has 0 bridgehead atoms. The minimum Gasteiger partial charge on any atom is -0.495 e. The summed E-state index contributed by atoms with van der Waals surface area (Å²) in [5.74, 6) is -1.30. The van der Waals surface area contributed by atoms with Crippen LogP contribution in [0.1, 0.15) is 5.56 Å². The molecule has 1 aliphatic rings. The van der Waals surface area contributed by atoms with Gasteiger partial charge in [0, 0.05) is 23.4 Å². The quantitative estimate of drug-likeness (QED) is 0.404. The molecule has 0 amide bonds. The minimum absolute atomic E-state index is 0.281. The number of carboxylic acid groups (broad SMARTS) is 2. The number of carboxylic acids is 2. The Morgan fingerprint density at radius 3 is 2.44 bits per heavy atom. The Morgan fingerprint density at radius 1 is 0.938 bits per heavy atom. The molecule has 0 radical (unpaired) electrons. The molecular weight excluding hydrogens is 418 g/mol. The molecule has 1 aromatic heterocycles. The van der Waals surface area contributed by atoms with Gasteiger partial charge in [0.15, 0.2) is 11.5 Å². The maximum atomic E-state index is 9.10. The van der Waals surface area contributed by atoms with Crippen LogP contribution < -0.4 is 19.5 Å². The van der Waals surface area contributed by atoms with E-state index >= 15 is 0 Å². The topological polar surface area (TPSA) is 127 Å². The van der Waals surface area contributed by atoms with E-state index in [1.807, 2.05) is 48.5 Å². The lowest BCUT2D eigenvalue weighted by Crippen LogP contribution is -2.09. The molecule has 0 atom stereocenters. The second-order valence-electron chi connectivity index (χ2n) is 6.80. The molecular formula is C23H19NO8. The number of benzene rings is 3. The summed E-state index contributed by atoms with van der Waals surface area (Å²) in [5, 5.41) is 20.3. The Bertz CT molecular complexity index is 1300. The highest BCUT2D eigenvalue weighted by Crippen LogP contribution is 2.37. The van der Waals surface area contributed by atoms with Crippen molar-refractivity contribution in [2.75, 3.05) is 19.2 Å². The molecule has 164 valence electrons. The normalized spacial score (nSPS) is 11.7. The number of furan rings is 1. The first-order valence-electron chi connectivity index (χ1n) is 9.54. The molecule has 9 heteroatoms. The lowest BCUT2D eigenvalue weighted by Gasteiger charge is -2.11. The van der Waals surface area contributed by atoms with Crippen molar-refractivity contribution >= 4 is 39.6 Å². The fraction of sp³-hybridized carbons (Fsp3) is 0.130. The maximum absolute atomic E-state index is 9.10. The van der Waals surface area contributed by atoms with Crippen LogP contribution in [0.25, 0.3) is 21.9 Å². The number of ether oxygens (including phenoxy) is 3. The maximum Gasteiger partial charge on any atom is 0.414 e. The Balaban J connectivity index is 0.000000363. The van der Waals surface area contributed by atoms with Crippen LogP contribution in [-0.2, 0) is 16.1 Å². The third-order valence-electron chi connectivity index (χ3n) is 4.80. The summed E-state index contributed by atoms with van der Waals surface area (Å²) < 4.78 is 22.4. The standard InChI is InChI=1S/C21H17NO4.C2H2O4/c1-23-20-9-15-14-4-2-3-5-17(14)26-19(15)10-16(20)22-11-13-6-7-18-21(8-13)25-12-24-18;3-1(4)2(5)6/h2-10,22H,11-12H2,1H3;(H,3,4)(H,5,6). The van der Waals surface area contributed by atoms with Crippen molar-refractivity contribution in [3.05, 3.63) is 60.2 Å². The Morgan fingerprint density at radius 2 is 1.69 bits per heavy atom. The molecule has 3 aromatic carbocycles. The molecule has 32 heavy (non-hydrogen) atoms. The number of fused-ring (bicyclic) bond motifs is 4. The average Bonchev–Trinajstić information content (AvgIpc) is 3.40. The third kappa shape index (κ3) is 4.22. The second kappa shape index (κ2) is 8.76. The number of aliphatic carboxylic acids is 2. The van der Waals surface area contributed by atoms with E-state index in [-0.39, 0.29) is 6.79 Å². The predicted octanol–water partition coefficient (Wildman–Crippen LogP) is 4.09.